The molecule has 2 heterocycles. The Bertz CT molecular complexity index is 1040. The molecule has 1 fully saturated rings. The van der Waals surface area contributed by atoms with Gasteiger partial charge in [-0.25, -0.2) is 0 Å². The van der Waals surface area contributed by atoms with Crippen molar-refractivity contribution < 1.29 is 19.1 Å². The molecular weight excluding hydrogens is 432 g/mol. The molecule has 2 amide bonds. The molecule has 8 heteroatoms. The Kier molecular flexibility index (Phi) is 7.57. The van der Waals surface area contributed by atoms with Crippen molar-refractivity contribution in [1.29, 1.82) is 0 Å². The molecule has 2 aliphatic heterocycles. The van der Waals surface area contributed by atoms with Crippen molar-refractivity contribution in [2.45, 2.75) is 31.7 Å². The predicted molar refractivity (Wildman–Crippen MR) is 133 cm³/mol. The van der Waals surface area contributed by atoms with Crippen molar-refractivity contribution in [3.8, 4) is 11.5 Å². The Balaban J connectivity index is 1.45. The van der Waals surface area contributed by atoms with E-state index in [4.69, 9.17) is 9.47 Å². The van der Waals surface area contributed by atoms with Crippen LogP contribution in [0.15, 0.2) is 36.4 Å². The van der Waals surface area contributed by atoms with Crippen molar-refractivity contribution >= 4 is 23.2 Å². The van der Waals surface area contributed by atoms with Crippen LogP contribution in [0.5, 0.6) is 11.5 Å². The van der Waals surface area contributed by atoms with E-state index in [2.05, 4.69) is 45.7 Å². The first-order valence-corrected chi connectivity index (χ1v) is 11.9. The lowest BCUT2D eigenvalue weighted by molar-refractivity contribution is -0.136. The molecule has 8 nitrogen and oxygen atoms in total. The average molecular weight is 467 g/mol. The van der Waals surface area contributed by atoms with Crippen molar-refractivity contribution in [3.05, 3.63) is 47.5 Å². The van der Waals surface area contributed by atoms with Gasteiger partial charge in [0.1, 0.15) is 11.5 Å². The van der Waals surface area contributed by atoms with Gasteiger partial charge in [-0.1, -0.05) is 18.6 Å². The molecule has 1 saturated heterocycles. The van der Waals surface area contributed by atoms with Gasteiger partial charge in [-0.05, 0) is 61.7 Å². The van der Waals surface area contributed by atoms with E-state index in [0.29, 0.717) is 23.7 Å². The number of ether oxygens (including phenoxy) is 2. The number of nitrogens with one attached hydrogen (secondary N) is 2. The van der Waals surface area contributed by atoms with Crippen LogP contribution < -0.4 is 25.0 Å². The largest absolute Gasteiger partial charge is 0.497 e. The summed E-state index contributed by atoms with van der Waals surface area (Å²) >= 11 is 0. The van der Waals surface area contributed by atoms with Crippen LogP contribution in [0, 0.1) is 0 Å². The fourth-order valence-electron chi connectivity index (χ4n) is 4.83. The van der Waals surface area contributed by atoms with Crippen LogP contribution in [0.3, 0.4) is 0 Å². The summed E-state index contributed by atoms with van der Waals surface area (Å²) in [5, 5.41) is 5.51. The van der Waals surface area contributed by atoms with Crippen LogP contribution in [0.4, 0.5) is 11.4 Å². The van der Waals surface area contributed by atoms with E-state index in [1.165, 1.54) is 30.3 Å². The van der Waals surface area contributed by atoms with E-state index in [9.17, 15) is 9.59 Å². The summed E-state index contributed by atoms with van der Waals surface area (Å²) in [6.07, 6.45) is 4.56. The van der Waals surface area contributed by atoms with Crippen LogP contribution in [0.2, 0.25) is 0 Å². The SMILES string of the molecule is COc1ccc(NC(=O)C(=O)NCC(c2ccc3c(c2)CCN3C)N2CCCCC2)c(OC)c1. The lowest BCUT2D eigenvalue weighted by Crippen LogP contribution is -2.43. The highest BCUT2D eigenvalue weighted by Gasteiger charge is 2.26. The molecule has 4 rings (SSSR count). The molecule has 2 aliphatic rings. The van der Waals surface area contributed by atoms with E-state index >= 15 is 0 Å². The zero-order chi connectivity index (χ0) is 24.1. The fraction of sp³-hybridized carbons (Fsp3) is 0.462. The minimum atomic E-state index is -0.726. The maximum Gasteiger partial charge on any atom is 0.313 e. The Morgan fingerprint density at radius 2 is 1.76 bits per heavy atom. The van der Waals surface area contributed by atoms with Gasteiger partial charge >= 0.3 is 11.8 Å². The standard InChI is InChI=1S/C26H34N4O4/c1-29-14-11-19-15-18(7-10-22(19)29)23(30-12-5-4-6-13-30)17-27-25(31)26(32)28-21-9-8-20(33-2)16-24(21)34-3/h7-10,15-16,23H,4-6,11-14,17H2,1-3H3,(H,27,31)(H,28,32). The molecular formula is C26H34N4O4. The average Bonchev–Trinajstić information content (AvgIpc) is 3.24. The highest BCUT2D eigenvalue weighted by atomic mass is 16.5. The highest BCUT2D eigenvalue weighted by Crippen LogP contribution is 2.32. The third-order valence-corrected chi connectivity index (χ3v) is 6.77. The molecule has 0 aliphatic carbocycles. The summed E-state index contributed by atoms with van der Waals surface area (Å²) in [6, 6.07) is 11.7. The maximum absolute atomic E-state index is 12.7. The van der Waals surface area contributed by atoms with Gasteiger partial charge in [0.15, 0.2) is 0 Å². The Morgan fingerprint density at radius 1 is 0.971 bits per heavy atom. The number of likely N-dealkylation sites (tertiary alicyclic amines) is 1. The van der Waals surface area contributed by atoms with Crippen LogP contribution >= 0.6 is 0 Å². The summed E-state index contributed by atoms with van der Waals surface area (Å²) in [5.41, 5.74) is 4.22. The normalized spacial score (nSPS) is 16.5. The van der Waals surface area contributed by atoms with Crippen molar-refractivity contribution in [2.75, 3.05) is 57.7 Å². The number of likely N-dealkylation sites (N-methyl/N-ethyl adjacent to an activating group) is 1. The lowest BCUT2D eigenvalue weighted by Gasteiger charge is -2.35. The number of anilines is 2. The molecule has 2 aromatic carbocycles. The third-order valence-electron chi connectivity index (χ3n) is 6.77. The number of hydrogen-bond donors (Lipinski definition) is 2. The highest BCUT2D eigenvalue weighted by molar-refractivity contribution is 6.39. The number of piperidine rings is 1. The maximum atomic E-state index is 12.7. The minimum absolute atomic E-state index is 0.0313. The van der Waals surface area contributed by atoms with Gasteiger partial charge in [0.2, 0.25) is 0 Å². The summed E-state index contributed by atoms with van der Waals surface area (Å²) in [5.74, 6) is -0.365. The molecule has 182 valence electrons. The first-order valence-electron chi connectivity index (χ1n) is 11.9. The van der Waals surface area contributed by atoms with E-state index < -0.39 is 11.8 Å². The molecule has 2 aromatic rings. The first kappa shape index (κ1) is 23.9. The van der Waals surface area contributed by atoms with E-state index in [0.717, 1.165) is 38.9 Å². The summed E-state index contributed by atoms with van der Waals surface area (Å²) in [4.78, 5) is 30.0. The molecule has 1 unspecified atom stereocenters. The number of amides is 2. The van der Waals surface area contributed by atoms with Crippen LogP contribution in [0.25, 0.3) is 0 Å². The summed E-state index contributed by atoms with van der Waals surface area (Å²) in [7, 11) is 5.17. The zero-order valence-electron chi connectivity index (χ0n) is 20.2. The van der Waals surface area contributed by atoms with Gasteiger partial charge in [-0.3, -0.25) is 14.5 Å². The second-order valence-corrected chi connectivity index (χ2v) is 8.90. The second kappa shape index (κ2) is 10.8. The quantitative estimate of drug-likeness (QED) is 0.611. The van der Waals surface area contributed by atoms with Crippen molar-refractivity contribution in [3.63, 3.8) is 0 Å². The van der Waals surface area contributed by atoms with Crippen LogP contribution in [0.1, 0.15) is 36.4 Å². The molecule has 34 heavy (non-hydrogen) atoms. The number of nitrogens with zero attached hydrogens (tertiary/aromatic N) is 2. The van der Waals surface area contributed by atoms with Gasteiger partial charge in [-0.15, -0.1) is 0 Å². The number of carbonyl (C=O) groups excluding carboxylic acids is 2. The molecule has 0 saturated carbocycles. The fourth-order valence-corrected chi connectivity index (χ4v) is 4.83. The third kappa shape index (κ3) is 5.28. The summed E-state index contributed by atoms with van der Waals surface area (Å²) in [6.45, 7) is 3.39. The lowest BCUT2D eigenvalue weighted by atomic mass is 9.98. The number of rotatable bonds is 7. The van der Waals surface area contributed by atoms with E-state index in [1.54, 1.807) is 25.3 Å². The molecule has 1 atom stereocenters. The smallest absolute Gasteiger partial charge is 0.313 e. The topological polar surface area (TPSA) is 83.1 Å². The molecule has 0 spiro atoms. The zero-order valence-corrected chi connectivity index (χ0v) is 20.2. The number of benzene rings is 2. The van der Waals surface area contributed by atoms with Crippen molar-refractivity contribution in [2.24, 2.45) is 0 Å². The number of hydrogen-bond acceptors (Lipinski definition) is 6. The van der Waals surface area contributed by atoms with Crippen LogP contribution in [-0.4, -0.2) is 64.2 Å². The van der Waals surface area contributed by atoms with Gasteiger partial charge < -0.3 is 25.0 Å². The Morgan fingerprint density at radius 3 is 2.50 bits per heavy atom. The van der Waals surface area contributed by atoms with Gasteiger partial charge in [0, 0.05) is 31.9 Å². The summed E-state index contributed by atoms with van der Waals surface area (Å²) < 4.78 is 10.5. The molecule has 0 bridgehead atoms. The molecule has 2 N–H and O–H groups in total. The van der Waals surface area contributed by atoms with Gasteiger partial charge in [0.05, 0.1) is 25.9 Å². The van der Waals surface area contributed by atoms with Crippen LogP contribution in [-0.2, 0) is 16.0 Å². The second-order valence-electron chi connectivity index (χ2n) is 8.90. The molecule has 0 aromatic heterocycles. The van der Waals surface area contributed by atoms with Gasteiger partial charge in [-0.2, -0.15) is 0 Å². The Hall–Kier alpha value is -3.26. The van der Waals surface area contributed by atoms with E-state index in [-0.39, 0.29) is 6.04 Å². The number of methoxy groups -OCH3 is 2. The van der Waals surface area contributed by atoms with Crippen molar-refractivity contribution in [1.82, 2.24) is 10.2 Å². The minimum Gasteiger partial charge on any atom is -0.497 e. The molecule has 0 radical (unpaired) electrons. The number of carbonyl (C=O) groups is 2. The first-order chi connectivity index (χ1) is 16.5. The Labute approximate surface area is 201 Å². The van der Waals surface area contributed by atoms with Gasteiger partial charge in [0.25, 0.3) is 0 Å². The monoisotopic (exact) mass is 466 g/mol. The van der Waals surface area contributed by atoms with E-state index in [1.807, 2.05) is 0 Å². The number of fused-ring (bicyclic) bond motifs is 1. The predicted octanol–water partition coefficient (Wildman–Crippen LogP) is 2.98.